The normalized spacial score (nSPS) is 10.1. The van der Waals surface area contributed by atoms with Crippen molar-refractivity contribution in [3.63, 3.8) is 0 Å². The zero-order chi connectivity index (χ0) is 20.5. The third-order valence-electron chi connectivity index (χ3n) is 4.22. The average Bonchev–Trinajstić information content (AvgIpc) is 2.77. The molecular formula is C23H24N2O4. The number of methoxy groups -OCH3 is 2. The Balaban J connectivity index is 1.45. The van der Waals surface area contributed by atoms with Crippen molar-refractivity contribution in [2.75, 3.05) is 26.1 Å². The number of carbonyl (C=O) groups is 1. The van der Waals surface area contributed by atoms with E-state index >= 15 is 0 Å². The van der Waals surface area contributed by atoms with Crippen molar-refractivity contribution < 1.29 is 19.0 Å². The zero-order valence-corrected chi connectivity index (χ0v) is 16.5. The molecule has 0 unspecified atom stereocenters. The second-order valence-electron chi connectivity index (χ2n) is 6.26. The Morgan fingerprint density at radius 2 is 1.52 bits per heavy atom. The molecule has 0 bridgehead atoms. The SMILES string of the molecule is COc1ccc(CNC(=O)CNc2ccc(Oc3ccccc3)cc2)cc1OC. The molecule has 0 atom stereocenters. The Morgan fingerprint density at radius 1 is 0.828 bits per heavy atom. The summed E-state index contributed by atoms with van der Waals surface area (Å²) in [4.78, 5) is 12.1. The Kier molecular flexibility index (Phi) is 6.95. The number of hydrogen-bond acceptors (Lipinski definition) is 5. The maximum atomic E-state index is 12.1. The van der Waals surface area contributed by atoms with Crippen LogP contribution in [0.4, 0.5) is 5.69 Å². The molecule has 3 aromatic carbocycles. The van der Waals surface area contributed by atoms with Crippen molar-refractivity contribution in [3.8, 4) is 23.0 Å². The van der Waals surface area contributed by atoms with E-state index in [1.54, 1.807) is 14.2 Å². The van der Waals surface area contributed by atoms with Gasteiger partial charge >= 0.3 is 0 Å². The quantitative estimate of drug-likeness (QED) is 0.571. The van der Waals surface area contributed by atoms with Gasteiger partial charge in [0.25, 0.3) is 0 Å². The Bertz CT molecular complexity index is 927. The lowest BCUT2D eigenvalue weighted by Gasteiger charge is -2.11. The van der Waals surface area contributed by atoms with E-state index in [1.165, 1.54) is 0 Å². The molecule has 3 aromatic rings. The first-order valence-corrected chi connectivity index (χ1v) is 9.22. The van der Waals surface area contributed by atoms with Crippen LogP contribution in [0.1, 0.15) is 5.56 Å². The summed E-state index contributed by atoms with van der Waals surface area (Å²) in [5, 5.41) is 5.98. The minimum atomic E-state index is -0.107. The maximum absolute atomic E-state index is 12.1. The molecule has 0 fully saturated rings. The summed E-state index contributed by atoms with van der Waals surface area (Å²) in [5.74, 6) is 2.70. The van der Waals surface area contributed by atoms with E-state index in [0.29, 0.717) is 18.0 Å². The number of amides is 1. The average molecular weight is 392 g/mol. The van der Waals surface area contributed by atoms with Gasteiger partial charge in [-0.1, -0.05) is 24.3 Å². The smallest absolute Gasteiger partial charge is 0.239 e. The van der Waals surface area contributed by atoms with Crippen LogP contribution in [-0.2, 0) is 11.3 Å². The van der Waals surface area contributed by atoms with Crippen LogP contribution in [0, 0.1) is 0 Å². The number of carbonyl (C=O) groups excluding carboxylic acids is 1. The minimum absolute atomic E-state index is 0.107. The van der Waals surface area contributed by atoms with Gasteiger partial charge in [-0.05, 0) is 54.1 Å². The summed E-state index contributed by atoms with van der Waals surface area (Å²) in [6.45, 7) is 0.580. The highest BCUT2D eigenvalue weighted by Gasteiger charge is 2.06. The lowest BCUT2D eigenvalue weighted by atomic mass is 10.2. The molecule has 0 saturated heterocycles. The van der Waals surface area contributed by atoms with E-state index < -0.39 is 0 Å². The van der Waals surface area contributed by atoms with Crippen molar-refractivity contribution in [2.45, 2.75) is 6.54 Å². The number of rotatable bonds is 9. The minimum Gasteiger partial charge on any atom is -0.493 e. The first-order valence-electron chi connectivity index (χ1n) is 9.22. The second-order valence-corrected chi connectivity index (χ2v) is 6.26. The molecule has 1 amide bonds. The van der Waals surface area contributed by atoms with Crippen molar-refractivity contribution >= 4 is 11.6 Å². The van der Waals surface area contributed by atoms with Crippen LogP contribution in [0.5, 0.6) is 23.0 Å². The van der Waals surface area contributed by atoms with Gasteiger partial charge in [-0.3, -0.25) is 4.79 Å². The van der Waals surface area contributed by atoms with Crippen LogP contribution in [0.2, 0.25) is 0 Å². The van der Waals surface area contributed by atoms with Crippen LogP contribution in [-0.4, -0.2) is 26.7 Å². The van der Waals surface area contributed by atoms with Gasteiger partial charge in [-0.15, -0.1) is 0 Å². The highest BCUT2D eigenvalue weighted by molar-refractivity contribution is 5.80. The van der Waals surface area contributed by atoms with E-state index in [0.717, 1.165) is 22.7 Å². The number of nitrogens with one attached hydrogen (secondary N) is 2. The molecule has 6 nitrogen and oxygen atoms in total. The predicted molar refractivity (Wildman–Crippen MR) is 113 cm³/mol. The summed E-state index contributed by atoms with van der Waals surface area (Å²) in [6.07, 6.45) is 0. The summed E-state index contributed by atoms with van der Waals surface area (Å²) in [6, 6.07) is 22.6. The van der Waals surface area contributed by atoms with Crippen LogP contribution in [0.25, 0.3) is 0 Å². The Morgan fingerprint density at radius 3 is 2.21 bits per heavy atom. The molecule has 0 heterocycles. The fourth-order valence-corrected chi connectivity index (χ4v) is 2.70. The van der Waals surface area contributed by atoms with Gasteiger partial charge in [0.05, 0.1) is 20.8 Å². The van der Waals surface area contributed by atoms with Gasteiger partial charge in [0.15, 0.2) is 11.5 Å². The molecule has 3 rings (SSSR count). The summed E-state index contributed by atoms with van der Waals surface area (Å²) in [7, 11) is 3.17. The second kappa shape index (κ2) is 10.0. The number of anilines is 1. The standard InChI is InChI=1S/C23H24N2O4/c1-27-21-13-8-17(14-22(21)28-2)15-25-23(26)16-24-18-9-11-20(12-10-18)29-19-6-4-3-5-7-19/h3-14,24H,15-16H2,1-2H3,(H,25,26). The number of ether oxygens (including phenoxy) is 3. The topological polar surface area (TPSA) is 68.8 Å². The molecule has 0 radical (unpaired) electrons. The summed E-state index contributed by atoms with van der Waals surface area (Å²) < 4.78 is 16.2. The largest absolute Gasteiger partial charge is 0.493 e. The van der Waals surface area contributed by atoms with Gasteiger partial charge in [-0.25, -0.2) is 0 Å². The molecule has 0 aromatic heterocycles. The van der Waals surface area contributed by atoms with Gasteiger partial charge < -0.3 is 24.8 Å². The lowest BCUT2D eigenvalue weighted by Crippen LogP contribution is -2.29. The summed E-state index contributed by atoms with van der Waals surface area (Å²) >= 11 is 0. The van der Waals surface area contributed by atoms with Crippen LogP contribution in [0.15, 0.2) is 72.8 Å². The van der Waals surface area contributed by atoms with Crippen molar-refractivity contribution in [1.82, 2.24) is 5.32 Å². The highest BCUT2D eigenvalue weighted by atomic mass is 16.5. The number of benzene rings is 3. The van der Waals surface area contributed by atoms with Crippen LogP contribution in [0.3, 0.4) is 0 Å². The molecule has 0 aliphatic rings. The Hall–Kier alpha value is -3.67. The maximum Gasteiger partial charge on any atom is 0.239 e. The van der Waals surface area contributed by atoms with Crippen molar-refractivity contribution in [1.29, 1.82) is 0 Å². The van der Waals surface area contributed by atoms with Crippen molar-refractivity contribution in [3.05, 3.63) is 78.4 Å². The molecular weight excluding hydrogens is 368 g/mol. The molecule has 0 aliphatic carbocycles. The first kappa shape index (κ1) is 20.1. The van der Waals surface area contributed by atoms with E-state index in [9.17, 15) is 4.79 Å². The molecule has 0 spiro atoms. The molecule has 0 saturated carbocycles. The van der Waals surface area contributed by atoms with Crippen LogP contribution < -0.4 is 24.8 Å². The van der Waals surface area contributed by atoms with Crippen molar-refractivity contribution in [2.24, 2.45) is 0 Å². The molecule has 150 valence electrons. The third kappa shape index (κ3) is 5.90. The van der Waals surface area contributed by atoms with Gasteiger partial charge in [0, 0.05) is 12.2 Å². The monoisotopic (exact) mass is 392 g/mol. The Labute approximate surface area is 170 Å². The summed E-state index contributed by atoms with van der Waals surface area (Å²) in [5.41, 5.74) is 1.77. The van der Waals surface area contributed by atoms with E-state index in [1.807, 2.05) is 72.8 Å². The van der Waals surface area contributed by atoms with E-state index in [-0.39, 0.29) is 12.5 Å². The van der Waals surface area contributed by atoms with Gasteiger partial charge in [0.1, 0.15) is 11.5 Å². The van der Waals surface area contributed by atoms with Gasteiger partial charge in [0.2, 0.25) is 5.91 Å². The lowest BCUT2D eigenvalue weighted by molar-refractivity contribution is -0.119. The fraction of sp³-hybridized carbons (Fsp3) is 0.174. The predicted octanol–water partition coefficient (Wildman–Crippen LogP) is 4.22. The van der Waals surface area contributed by atoms with E-state index in [2.05, 4.69) is 10.6 Å². The molecule has 0 aliphatic heterocycles. The fourth-order valence-electron chi connectivity index (χ4n) is 2.70. The third-order valence-corrected chi connectivity index (χ3v) is 4.22. The first-order chi connectivity index (χ1) is 14.2. The van der Waals surface area contributed by atoms with Gasteiger partial charge in [-0.2, -0.15) is 0 Å². The zero-order valence-electron chi connectivity index (χ0n) is 16.5. The number of para-hydroxylation sites is 1. The number of hydrogen-bond donors (Lipinski definition) is 2. The molecule has 6 heteroatoms. The van der Waals surface area contributed by atoms with Crippen LogP contribution >= 0.6 is 0 Å². The molecule has 29 heavy (non-hydrogen) atoms. The van der Waals surface area contributed by atoms with E-state index in [4.69, 9.17) is 14.2 Å². The molecule has 2 N–H and O–H groups in total. The highest BCUT2D eigenvalue weighted by Crippen LogP contribution is 2.27.